The van der Waals surface area contributed by atoms with Gasteiger partial charge in [0.15, 0.2) is 0 Å². The fraction of sp³-hybridized carbons (Fsp3) is 0.362. The van der Waals surface area contributed by atoms with Gasteiger partial charge in [0.1, 0.15) is 48.6 Å². The molecule has 0 bridgehead atoms. The Balaban J connectivity index is 1.28. The quantitative estimate of drug-likeness (QED) is 0.0176. The van der Waals surface area contributed by atoms with Crippen LogP contribution in [0.25, 0.3) is 0 Å². The molecule has 6 atom stereocenters. The number of fused-ring (bicyclic) bond motifs is 2. The number of unbranched alkanes of at least 4 members (excludes halogenated alkanes) is 2. The molecule has 3 aliphatic rings. The molecule has 1 saturated carbocycles. The molecule has 1 fully saturated rings. The van der Waals surface area contributed by atoms with E-state index in [1.165, 1.54) is 24.3 Å². The number of amides is 1. The van der Waals surface area contributed by atoms with Crippen molar-refractivity contribution >= 4 is 23.8 Å². The molecule has 5 aromatic carbocycles. The van der Waals surface area contributed by atoms with E-state index in [1.54, 1.807) is 65.6 Å². The van der Waals surface area contributed by atoms with Gasteiger partial charge in [-0.2, -0.15) is 0 Å². The molecule has 0 aromatic heterocycles. The maximum absolute atomic E-state index is 15.0. The lowest BCUT2D eigenvalue weighted by atomic mass is 9.55. The number of carbonyl (C=O) groups excluding carboxylic acids is 2. The van der Waals surface area contributed by atoms with Crippen LogP contribution in [0.2, 0.25) is 0 Å². The maximum atomic E-state index is 15.0. The number of allylic oxidation sites excluding steroid dienone is 1. The van der Waals surface area contributed by atoms with Gasteiger partial charge in [0.25, 0.3) is 5.69 Å². The van der Waals surface area contributed by atoms with Crippen LogP contribution in [0, 0.1) is 33.7 Å². The van der Waals surface area contributed by atoms with Crippen molar-refractivity contribution in [3.63, 3.8) is 0 Å². The highest BCUT2D eigenvalue weighted by Crippen LogP contribution is 2.62. The molecule has 15 nitrogen and oxygen atoms in total. The molecular weight excluding hydrogens is 950 g/mol. The Labute approximate surface area is 430 Å². The maximum Gasteiger partial charge on any atom is 0.410 e. The number of non-ortho nitro benzene ring substituents is 1. The van der Waals surface area contributed by atoms with Gasteiger partial charge in [0.2, 0.25) is 5.79 Å². The number of hydrogen-bond donors (Lipinski definition) is 2. The van der Waals surface area contributed by atoms with Gasteiger partial charge in [-0.25, -0.2) is 9.18 Å². The lowest BCUT2D eigenvalue weighted by Gasteiger charge is -2.59. The van der Waals surface area contributed by atoms with E-state index in [1.807, 2.05) is 42.5 Å². The smallest absolute Gasteiger partial charge is 0.410 e. The van der Waals surface area contributed by atoms with Crippen molar-refractivity contribution in [3.05, 3.63) is 189 Å². The summed E-state index contributed by atoms with van der Waals surface area (Å²) in [6, 6.07) is 32.9. The highest BCUT2D eigenvalue weighted by Gasteiger charge is 2.65. The first-order chi connectivity index (χ1) is 36.1. The summed E-state index contributed by atoms with van der Waals surface area (Å²) >= 11 is 0. The van der Waals surface area contributed by atoms with E-state index in [-0.39, 0.29) is 70.1 Å². The summed E-state index contributed by atoms with van der Waals surface area (Å²) in [5.74, 6) is -1.99. The Morgan fingerprint density at radius 3 is 2.32 bits per heavy atom. The Hall–Kier alpha value is -7.24. The number of rotatable bonds is 26. The molecule has 1 amide bonds. The van der Waals surface area contributed by atoms with Gasteiger partial charge in [0, 0.05) is 55.4 Å². The Morgan fingerprint density at radius 2 is 1.59 bits per heavy atom. The molecule has 1 aliphatic heterocycles. The molecule has 0 unspecified atom stereocenters. The zero-order chi connectivity index (χ0) is 51.9. The van der Waals surface area contributed by atoms with Gasteiger partial charge in [-0.3, -0.25) is 19.8 Å². The second-order valence-electron chi connectivity index (χ2n) is 18.7. The van der Waals surface area contributed by atoms with Crippen molar-refractivity contribution in [2.75, 3.05) is 33.0 Å². The van der Waals surface area contributed by atoms with Crippen molar-refractivity contribution < 1.29 is 57.6 Å². The standard InChI is InChI=1S/C58H62FN3O12/c1-2-29-71-58-54(61(36-40-17-21-45(59)22-18-40)57(66)70-31-30-69-38-41-11-4-3-5-12-41)35-52(60-72-39-42-19-23-46(24-20-42)62(67)68)50-33-44(14-6-8-27-63)49(16-7-9-28-64)55(56(50)58)51-34-48(25-26-53(51)74-58)73-47-15-10-13-43(32-47)37-65/h2-5,10-13,15,17-26,32-34,37,44,49,54-56,63-64H,1,6-9,14,16,27-31,35-36,38-39H2/t44-,49+,54-,55+,56+,58+/m0/s1. The summed E-state index contributed by atoms with van der Waals surface area (Å²) in [5.41, 5.74) is 4.64. The monoisotopic (exact) mass is 1010 g/mol. The third-order valence-corrected chi connectivity index (χ3v) is 13.9. The van der Waals surface area contributed by atoms with Crippen LogP contribution in [-0.2, 0) is 38.8 Å². The van der Waals surface area contributed by atoms with Crippen LogP contribution in [0.1, 0.15) is 83.5 Å². The van der Waals surface area contributed by atoms with Crippen LogP contribution in [0.15, 0.2) is 151 Å². The van der Waals surface area contributed by atoms with Crippen LogP contribution in [0.4, 0.5) is 14.9 Å². The summed E-state index contributed by atoms with van der Waals surface area (Å²) in [7, 11) is 0. The van der Waals surface area contributed by atoms with E-state index in [9.17, 15) is 29.5 Å². The first-order valence-electron chi connectivity index (χ1n) is 25.1. The third-order valence-electron chi connectivity index (χ3n) is 13.9. The number of nitrogens with zero attached hydrogens (tertiary/aromatic N) is 3. The van der Waals surface area contributed by atoms with Crippen molar-refractivity contribution in [2.45, 2.75) is 82.5 Å². The number of ether oxygens (including phenoxy) is 5. The van der Waals surface area contributed by atoms with Crippen LogP contribution in [0.5, 0.6) is 17.2 Å². The molecule has 2 N–H and O–H groups in total. The molecule has 2 aliphatic carbocycles. The number of halogens is 1. The van der Waals surface area contributed by atoms with Crippen LogP contribution >= 0.6 is 0 Å². The molecule has 5 aromatic rings. The number of nitro benzene ring substituents is 1. The van der Waals surface area contributed by atoms with Gasteiger partial charge in [0.05, 0.1) is 36.4 Å². The molecule has 0 radical (unpaired) electrons. The second-order valence-corrected chi connectivity index (χ2v) is 18.7. The Morgan fingerprint density at radius 1 is 0.865 bits per heavy atom. The highest BCUT2D eigenvalue weighted by atomic mass is 19.1. The second kappa shape index (κ2) is 25.6. The molecule has 0 saturated heterocycles. The molecule has 8 rings (SSSR count). The van der Waals surface area contributed by atoms with Crippen molar-refractivity contribution in [2.24, 2.45) is 22.9 Å². The summed E-state index contributed by atoms with van der Waals surface area (Å²) in [4.78, 5) is 45.5. The number of hydrogen-bond acceptors (Lipinski definition) is 13. The average molecular weight is 1010 g/mol. The third kappa shape index (κ3) is 12.7. The number of aldehydes is 1. The van der Waals surface area contributed by atoms with E-state index < -0.39 is 40.5 Å². The minimum absolute atomic E-state index is 0.00158. The fourth-order valence-corrected chi connectivity index (χ4v) is 10.5. The van der Waals surface area contributed by atoms with Gasteiger partial charge in [-0.1, -0.05) is 84.7 Å². The number of aliphatic hydroxyl groups excluding tert-OH is 2. The largest absolute Gasteiger partial charge is 0.459 e. The topological polar surface area (TPSA) is 189 Å². The van der Waals surface area contributed by atoms with E-state index >= 15 is 4.79 Å². The SMILES string of the molecule is C=CCO[C@@]12Oc3ccc(Oc4cccc(C=O)c4)cc3[C@H]3[C@H](CCCCO)[C@@H](CCCCO)C=C(C(=NOCc4ccc([N+](=O)[O-])cc4)C[C@@H]1N(Cc1ccc(F)cc1)C(=O)OCCOCc1ccccc1)[C@H]32. The summed E-state index contributed by atoms with van der Waals surface area (Å²) in [6.45, 7) is 4.26. The van der Waals surface area contributed by atoms with E-state index in [2.05, 4.69) is 12.7 Å². The Bertz CT molecular complexity index is 2750. The van der Waals surface area contributed by atoms with E-state index in [0.717, 1.165) is 23.0 Å². The predicted octanol–water partition coefficient (Wildman–Crippen LogP) is 11.0. The molecule has 388 valence electrons. The number of aliphatic hydroxyl groups is 2. The average Bonchev–Trinajstić information content (AvgIpc) is 3.41. The van der Waals surface area contributed by atoms with E-state index in [4.69, 9.17) is 33.7 Å². The van der Waals surface area contributed by atoms with Crippen LogP contribution in [0.3, 0.4) is 0 Å². The lowest BCUT2D eigenvalue weighted by molar-refractivity contribution is -0.384. The number of benzene rings is 5. The zero-order valence-corrected chi connectivity index (χ0v) is 41.2. The zero-order valence-electron chi connectivity index (χ0n) is 41.2. The van der Waals surface area contributed by atoms with Crippen molar-refractivity contribution in [3.8, 4) is 17.2 Å². The van der Waals surface area contributed by atoms with Crippen LogP contribution < -0.4 is 9.47 Å². The molecule has 74 heavy (non-hydrogen) atoms. The Kier molecular flexibility index (Phi) is 18.4. The number of carbonyl (C=O) groups is 2. The first-order valence-corrected chi connectivity index (χ1v) is 25.1. The summed E-state index contributed by atoms with van der Waals surface area (Å²) in [6.07, 6.45) is 7.83. The highest BCUT2D eigenvalue weighted by molar-refractivity contribution is 6.03. The minimum atomic E-state index is -1.66. The van der Waals surface area contributed by atoms with Gasteiger partial charge in [-0.15, -0.1) is 6.58 Å². The van der Waals surface area contributed by atoms with E-state index in [0.29, 0.717) is 84.8 Å². The lowest BCUT2D eigenvalue weighted by Crippen LogP contribution is -2.70. The number of oxime groups is 1. The molecule has 1 heterocycles. The molecular formula is C58H62FN3O12. The predicted molar refractivity (Wildman–Crippen MR) is 274 cm³/mol. The van der Waals surface area contributed by atoms with Gasteiger partial charge in [-0.05, 0) is 114 Å². The minimum Gasteiger partial charge on any atom is -0.459 e. The summed E-state index contributed by atoms with van der Waals surface area (Å²) in [5, 5.41) is 36.4. The van der Waals surface area contributed by atoms with Crippen LogP contribution in [-0.4, -0.2) is 83.0 Å². The van der Waals surface area contributed by atoms with Crippen molar-refractivity contribution in [1.82, 2.24) is 4.90 Å². The van der Waals surface area contributed by atoms with Gasteiger partial charge >= 0.3 is 6.09 Å². The van der Waals surface area contributed by atoms with Crippen molar-refractivity contribution in [1.29, 1.82) is 0 Å². The fourth-order valence-electron chi connectivity index (χ4n) is 10.5. The first kappa shape index (κ1) is 53.1. The normalized spacial score (nSPS) is 21.0. The van der Waals surface area contributed by atoms with Gasteiger partial charge < -0.3 is 38.7 Å². The number of nitro groups is 1. The molecule has 16 heteroatoms. The molecule has 0 spiro atoms. The summed E-state index contributed by atoms with van der Waals surface area (Å²) < 4.78 is 47.5.